The van der Waals surface area contributed by atoms with Gasteiger partial charge in [0, 0.05) is 11.8 Å². The van der Waals surface area contributed by atoms with Crippen molar-refractivity contribution >= 4 is 27.2 Å². The Balaban J connectivity index is 1.98. The molecule has 2 N–H and O–H groups in total. The molecule has 0 saturated carbocycles. The second kappa shape index (κ2) is 9.39. The van der Waals surface area contributed by atoms with E-state index in [0.717, 1.165) is 18.5 Å². The number of hydrogen-bond donors (Lipinski definition) is 2. The average Bonchev–Trinajstić information content (AvgIpc) is 2.74. The largest absolute Gasteiger partial charge is 0.418 e. The van der Waals surface area contributed by atoms with Gasteiger partial charge in [0.1, 0.15) is 0 Å². The van der Waals surface area contributed by atoms with Crippen molar-refractivity contribution in [3.8, 4) is 11.1 Å². The van der Waals surface area contributed by atoms with Crippen LogP contribution in [0.1, 0.15) is 18.9 Å². The van der Waals surface area contributed by atoms with E-state index in [2.05, 4.69) is 15.6 Å². The molecule has 10 heteroatoms. The Bertz CT molecular complexity index is 1210. The molecule has 2 amide bonds. The van der Waals surface area contributed by atoms with Gasteiger partial charge in [-0.25, -0.2) is 13.2 Å². The van der Waals surface area contributed by atoms with Crippen LogP contribution in [0.3, 0.4) is 0 Å². The summed E-state index contributed by atoms with van der Waals surface area (Å²) < 4.78 is 64.6. The van der Waals surface area contributed by atoms with Crippen molar-refractivity contribution in [3.05, 3.63) is 72.6 Å². The van der Waals surface area contributed by atoms with Crippen molar-refractivity contribution in [2.75, 3.05) is 16.4 Å². The number of nitrogens with one attached hydrogen (secondary N) is 2. The highest BCUT2D eigenvalue weighted by molar-refractivity contribution is 7.91. The Morgan fingerprint density at radius 3 is 2.34 bits per heavy atom. The Hall–Kier alpha value is -3.40. The quantitative estimate of drug-likeness (QED) is 0.498. The van der Waals surface area contributed by atoms with Crippen LogP contribution in [-0.4, -0.2) is 25.2 Å². The molecule has 168 valence electrons. The Kier molecular flexibility index (Phi) is 6.83. The number of halogens is 3. The third kappa shape index (κ3) is 5.44. The minimum absolute atomic E-state index is 0.00619. The number of pyridine rings is 1. The summed E-state index contributed by atoms with van der Waals surface area (Å²) in [4.78, 5) is 16.2. The summed E-state index contributed by atoms with van der Waals surface area (Å²) in [6, 6.07) is 13.0. The molecular weight excluding hydrogens is 443 g/mol. The van der Waals surface area contributed by atoms with Crippen LogP contribution < -0.4 is 10.6 Å². The van der Waals surface area contributed by atoms with Crippen molar-refractivity contribution in [3.63, 3.8) is 0 Å². The van der Waals surface area contributed by atoms with Crippen molar-refractivity contribution < 1.29 is 26.4 Å². The lowest BCUT2D eigenvalue weighted by atomic mass is 10.0. The summed E-state index contributed by atoms with van der Waals surface area (Å²) in [5.74, 6) is -0.0754. The number of aromatic nitrogens is 1. The van der Waals surface area contributed by atoms with E-state index >= 15 is 0 Å². The molecule has 0 aliphatic heterocycles. The molecule has 0 aliphatic rings. The fraction of sp³-hybridized carbons (Fsp3) is 0.182. The van der Waals surface area contributed by atoms with Crippen LogP contribution >= 0.6 is 0 Å². The number of urea groups is 1. The third-order valence-corrected chi connectivity index (χ3v) is 6.45. The molecule has 0 spiro atoms. The highest BCUT2D eigenvalue weighted by Gasteiger charge is 2.34. The summed E-state index contributed by atoms with van der Waals surface area (Å²) in [7, 11) is -3.58. The number of nitrogens with zero attached hydrogens (tertiary/aromatic N) is 1. The first-order valence-electron chi connectivity index (χ1n) is 9.63. The number of hydrogen-bond acceptors (Lipinski definition) is 4. The maximum atomic E-state index is 13.2. The normalized spacial score (nSPS) is 11.8. The average molecular weight is 463 g/mol. The molecule has 32 heavy (non-hydrogen) atoms. The van der Waals surface area contributed by atoms with Crippen LogP contribution in [0.5, 0.6) is 0 Å². The van der Waals surface area contributed by atoms with Gasteiger partial charge in [0.25, 0.3) is 0 Å². The number of benzene rings is 2. The monoisotopic (exact) mass is 463 g/mol. The van der Waals surface area contributed by atoms with Crippen molar-refractivity contribution in [2.45, 2.75) is 24.4 Å². The lowest BCUT2D eigenvalue weighted by molar-refractivity contribution is -0.137. The van der Waals surface area contributed by atoms with E-state index in [1.54, 1.807) is 43.3 Å². The molecule has 0 unspecified atom stereocenters. The van der Waals surface area contributed by atoms with Gasteiger partial charge in [0.05, 0.1) is 33.8 Å². The van der Waals surface area contributed by atoms with Gasteiger partial charge in [-0.05, 0) is 30.2 Å². The van der Waals surface area contributed by atoms with Crippen molar-refractivity contribution in [1.29, 1.82) is 0 Å². The number of carbonyl (C=O) groups is 1. The molecule has 6 nitrogen and oxygen atoms in total. The predicted molar refractivity (Wildman–Crippen MR) is 116 cm³/mol. The highest BCUT2D eigenvalue weighted by Crippen LogP contribution is 2.35. The Morgan fingerprint density at radius 2 is 1.69 bits per heavy atom. The van der Waals surface area contributed by atoms with Crippen LogP contribution in [0.4, 0.5) is 29.3 Å². The van der Waals surface area contributed by atoms with Crippen LogP contribution in [0.2, 0.25) is 0 Å². The molecule has 3 rings (SSSR count). The van der Waals surface area contributed by atoms with Crippen LogP contribution in [0, 0.1) is 0 Å². The fourth-order valence-electron chi connectivity index (χ4n) is 3.09. The first-order valence-corrected chi connectivity index (χ1v) is 11.3. The zero-order valence-corrected chi connectivity index (χ0v) is 17.8. The number of amides is 2. The maximum absolute atomic E-state index is 13.2. The molecule has 0 aliphatic carbocycles. The number of alkyl halides is 3. The van der Waals surface area contributed by atoms with Gasteiger partial charge < -0.3 is 10.6 Å². The topological polar surface area (TPSA) is 88.2 Å². The van der Waals surface area contributed by atoms with E-state index in [4.69, 9.17) is 0 Å². The van der Waals surface area contributed by atoms with E-state index in [1.165, 1.54) is 12.1 Å². The predicted octanol–water partition coefficient (Wildman–Crippen LogP) is 5.60. The third-order valence-electron chi connectivity index (χ3n) is 4.53. The summed E-state index contributed by atoms with van der Waals surface area (Å²) >= 11 is 0. The van der Waals surface area contributed by atoms with E-state index < -0.39 is 33.3 Å². The lowest BCUT2D eigenvalue weighted by Crippen LogP contribution is -2.22. The zero-order valence-electron chi connectivity index (χ0n) is 17.0. The SMILES string of the molecule is CCCS(=O)(=O)c1ccc(-c2ccccc2)c(NC(=O)Nc2cnccc2C(F)(F)F)c1. The summed E-state index contributed by atoms with van der Waals surface area (Å²) in [6.07, 6.45) is -2.41. The lowest BCUT2D eigenvalue weighted by Gasteiger charge is -2.16. The van der Waals surface area contributed by atoms with Gasteiger partial charge in [-0.1, -0.05) is 43.3 Å². The molecule has 1 heterocycles. The van der Waals surface area contributed by atoms with Gasteiger partial charge in [-0.3, -0.25) is 4.98 Å². The molecule has 1 aromatic heterocycles. The Morgan fingerprint density at radius 1 is 1.00 bits per heavy atom. The second-order valence-corrected chi connectivity index (χ2v) is 9.00. The van der Waals surface area contributed by atoms with Crippen LogP contribution in [0.15, 0.2) is 71.9 Å². The Labute approximate surface area is 183 Å². The number of sulfone groups is 1. The standard InChI is InChI=1S/C22H20F3N3O3S/c1-2-12-32(30,31)16-8-9-17(15-6-4-3-5-7-15)19(13-16)27-21(29)28-20-14-26-11-10-18(20)22(23,24)25/h3-11,13-14H,2,12H2,1H3,(H2,27,28,29). The summed E-state index contributed by atoms with van der Waals surface area (Å²) in [5.41, 5.74) is -0.222. The number of rotatable bonds is 6. The molecule has 3 aromatic rings. The first kappa shape index (κ1) is 23.3. The molecule has 0 bridgehead atoms. The van der Waals surface area contributed by atoms with Crippen LogP contribution in [-0.2, 0) is 16.0 Å². The summed E-state index contributed by atoms with van der Waals surface area (Å²) in [5, 5.41) is 4.63. The molecule has 0 radical (unpaired) electrons. The minimum atomic E-state index is -4.69. The maximum Gasteiger partial charge on any atom is 0.418 e. The minimum Gasteiger partial charge on any atom is -0.307 e. The van der Waals surface area contributed by atoms with E-state index in [-0.39, 0.29) is 16.3 Å². The van der Waals surface area contributed by atoms with Crippen molar-refractivity contribution in [2.24, 2.45) is 0 Å². The van der Waals surface area contributed by atoms with E-state index in [1.807, 2.05) is 0 Å². The van der Waals surface area contributed by atoms with Crippen molar-refractivity contribution in [1.82, 2.24) is 4.98 Å². The molecule has 0 atom stereocenters. The highest BCUT2D eigenvalue weighted by atomic mass is 32.2. The van der Waals surface area contributed by atoms with Gasteiger partial charge in [-0.15, -0.1) is 0 Å². The van der Waals surface area contributed by atoms with Gasteiger partial charge in [0.2, 0.25) is 0 Å². The van der Waals surface area contributed by atoms with Gasteiger partial charge in [-0.2, -0.15) is 13.2 Å². The van der Waals surface area contributed by atoms with E-state index in [9.17, 15) is 26.4 Å². The molecule has 0 fully saturated rings. The fourth-order valence-corrected chi connectivity index (χ4v) is 4.44. The number of carbonyl (C=O) groups excluding carboxylic acids is 1. The van der Waals surface area contributed by atoms with Gasteiger partial charge >= 0.3 is 12.2 Å². The molecular formula is C22H20F3N3O3S. The molecule has 0 saturated heterocycles. The first-order chi connectivity index (χ1) is 15.1. The van der Waals surface area contributed by atoms with Gasteiger partial charge in [0.15, 0.2) is 9.84 Å². The van der Waals surface area contributed by atoms with E-state index in [0.29, 0.717) is 17.5 Å². The van der Waals surface area contributed by atoms with Crippen LogP contribution in [0.25, 0.3) is 11.1 Å². The molecule has 2 aromatic carbocycles. The smallest absolute Gasteiger partial charge is 0.307 e. The second-order valence-electron chi connectivity index (χ2n) is 6.89. The summed E-state index contributed by atoms with van der Waals surface area (Å²) in [6.45, 7) is 1.73. The number of anilines is 2. The zero-order chi connectivity index (χ0) is 23.4.